The Bertz CT molecular complexity index is 614. The van der Waals surface area contributed by atoms with E-state index >= 15 is 0 Å². The minimum atomic E-state index is -0.154. The molecule has 1 unspecified atom stereocenters. The number of carbonyl (C=O) groups excluding carboxylic acids is 3. The van der Waals surface area contributed by atoms with Crippen LogP contribution in [0.4, 0.5) is 11.4 Å². The van der Waals surface area contributed by atoms with Crippen molar-refractivity contribution >= 4 is 29.1 Å². The molecular formula is C19H31N4O3+. The van der Waals surface area contributed by atoms with E-state index in [-0.39, 0.29) is 36.9 Å². The van der Waals surface area contributed by atoms with Crippen LogP contribution in [0.25, 0.3) is 0 Å². The molecule has 0 saturated carbocycles. The molecule has 144 valence electrons. The lowest BCUT2D eigenvalue weighted by Gasteiger charge is -2.20. The third-order valence-corrected chi connectivity index (χ3v) is 4.20. The molecule has 0 aromatic heterocycles. The van der Waals surface area contributed by atoms with Crippen LogP contribution in [0.5, 0.6) is 0 Å². The second-order valence-corrected chi connectivity index (χ2v) is 6.86. The molecule has 2 atom stereocenters. The number of likely N-dealkylation sites (N-methyl/N-ethyl adjacent to an activating group) is 1. The number of amides is 3. The SMILES string of the molecule is CC[NH+](CC(=O)Nc1ccc(NC(C)=O)cc1)CC(=O)N[C@@H](C)C(C)C. The molecule has 0 spiro atoms. The van der Waals surface area contributed by atoms with Crippen molar-refractivity contribution in [2.45, 2.75) is 40.7 Å². The van der Waals surface area contributed by atoms with Crippen LogP contribution in [0.15, 0.2) is 24.3 Å². The quantitative estimate of drug-likeness (QED) is 0.519. The predicted octanol–water partition coefficient (Wildman–Crippen LogP) is 0.649. The summed E-state index contributed by atoms with van der Waals surface area (Å²) in [5.74, 6) is 0.0242. The summed E-state index contributed by atoms with van der Waals surface area (Å²) in [5, 5.41) is 8.45. The lowest BCUT2D eigenvalue weighted by Crippen LogP contribution is -3.14. The number of benzene rings is 1. The van der Waals surface area contributed by atoms with Gasteiger partial charge in [0.25, 0.3) is 11.8 Å². The molecule has 1 rings (SSSR count). The Morgan fingerprint density at radius 3 is 1.88 bits per heavy atom. The van der Waals surface area contributed by atoms with Crippen molar-refractivity contribution in [3.05, 3.63) is 24.3 Å². The number of hydrogen-bond acceptors (Lipinski definition) is 3. The molecule has 3 amide bonds. The molecule has 0 radical (unpaired) electrons. The van der Waals surface area contributed by atoms with Gasteiger partial charge in [-0.05, 0) is 44.0 Å². The summed E-state index contributed by atoms with van der Waals surface area (Å²) >= 11 is 0. The molecule has 1 aromatic carbocycles. The second-order valence-electron chi connectivity index (χ2n) is 6.86. The van der Waals surface area contributed by atoms with Crippen LogP contribution in [0.3, 0.4) is 0 Å². The third kappa shape index (κ3) is 8.11. The van der Waals surface area contributed by atoms with Gasteiger partial charge in [-0.25, -0.2) is 0 Å². The van der Waals surface area contributed by atoms with Gasteiger partial charge in [-0.1, -0.05) is 13.8 Å². The normalized spacial score (nSPS) is 13.0. The van der Waals surface area contributed by atoms with Gasteiger partial charge >= 0.3 is 0 Å². The fourth-order valence-electron chi connectivity index (χ4n) is 2.28. The largest absolute Gasteiger partial charge is 0.348 e. The molecule has 1 aromatic rings. The average Bonchev–Trinajstić information content (AvgIpc) is 2.55. The van der Waals surface area contributed by atoms with Crippen molar-refractivity contribution in [3.8, 4) is 0 Å². The summed E-state index contributed by atoms with van der Waals surface area (Å²) in [4.78, 5) is 36.2. The third-order valence-electron chi connectivity index (χ3n) is 4.20. The first-order chi connectivity index (χ1) is 12.2. The summed E-state index contributed by atoms with van der Waals surface area (Å²) in [6.07, 6.45) is 0. The molecule has 0 fully saturated rings. The number of nitrogens with one attached hydrogen (secondary N) is 4. The predicted molar refractivity (Wildman–Crippen MR) is 103 cm³/mol. The monoisotopic (exact) mass is 363 g/mol. The van der Waals surface area contributed by atoms with Gasteiger partial charge in [0.1, 0.15) is 0 Å². The van der Waals surface area contributed by atoms with E-state index in [0.717, 1.165) is 4.90 Å². The Balaban J connectivity index is 2.51. The molecule has 0 heterocycles. The Morgan fingerprint density at radius 2 is 1.42 bits per heavy atom. The van der Waals surface area contributed by atoms with E-state index in [9.17, 15) is 14.4 Å². The highest BCUT2D eigenvalue weighted by Gasteiger charge is 2.18. The maximum absolute atomic E-state index is 12.2. The van der Waals surface area contributed by atoms with Crippen LogP contribution in [0.2, 0.25) is 0 Å². The molecule has 0 saturated heterocycles. The summed E-state index contributed by atoms with van der Waals surface area (Å²) in [5.41, 5.74) is 1.32. The molecule has 4 N–H and O–H groups in total. The molecule has 7 nitrogen and oxygen atoms in total. The highest BCUT2D eigenvalue weighted by atomic mass is 16.2. The molecule has 0 aliphatic rings. The van der Waals surface area contributed by atoms with Gasteiger partial charge < -0.3 is 20.9 Å². The lowest BCUT2D eigenvalue weighted by atomic mass is 10.1. The zero-order valence-corrected chi connectivity index (χ0v) is 16.3. The van der Waals surface area contributed by atoms with Gasteiger partial charge in [0.2, 0.25) is 5.91 Å². The summed E-state index contributed by atoms with van der Waals surface area (Å²) in [7, 11) is 0. The molecule has 0 aliphatic heterocycles. The Hall–Kier alpha value is -2.41. The first-order valence-electron chi connectivity index (χ1n) is 9.01. The maximum atomic E-state index is 12.2. The number of hydrogen-bond donors (Lipinski definition) is 4. The Morgan fingerprint density at radius 1 is 0.923 bits per heavy atom. The van der Waals surface area contributed by atoms with Crippen LogP contribution in [0, 0.1) is 5.92 Å². The Labute approximate surface area is 155 Å². The standard InChI is InChI=1S/C19H30N4O3/c1-6-23(11-18(25)20-14(4)13(2)3)12-19(26)22-17-9-7-16(8-10-17)21-15(5)24/h7-10,13-14H,6,11-12H2,1-5H3,(H,20,25)(H,21,24)(H,22,26)/p+1/t14-/m0/s1. The van der Waals surface area contributed by atoms with Gasteiger partial charge in [0, 0.05) is 24.3 Å². The van der Waals surface area contributed by atoms with E-state index in [4.69, 9.17) is 0 Å². The molecule has 7 heteroatoms. The molecular weight excluding hydrogens is 332 g/mol. The van der Waals surface area contributed by atoms with E-state index in [1.54, 1.807) is 24.3 Å². The van der Waals surface area contributed by atoms with E-state index in [1.165, 1.54) is 6.92 Å². The zero-order valence-electron chi connectivity index (χ0n) is 16.3. The molecule has 0 aliphatic carbocycles. The minimum absolute atomic E-state index is 0.0458. The maximum Gasteiger partial charge on any atom is 0.279 e. The first kappa shape index (κ1) is 21.6. The van der Waals surface area contributed by atoms with Crippen molar-refractivity contribution in [2.75, 3.05) is 30.3 Å². The van der Waals surface area contributed by atoms with Crippen molar-refractivity contribution in [1.29, 1.82) is 0 Å². The fraction of sp³-hybridized carbons (Fsp3) is 0.526. The topological polar surface area (TPSA) is 91.7 Å². The average molecular weight is 363 g/mol. The first-order valence-corrected chi connectivity index (χ1v) is 9.01. The fourth-order valence-corrected chi connectivity index (χ4v) is 2.28. The smallest absolute Gasteiger partial charge is 0.279 e. The molecule has 0 bridgehead atoms. The van der Waals surface area contributed by atoms with Crippen molar-refractivity contribution in [2.24, 2.45) is 5.92 Å². The zero-order chi connectivity index (χ0) is 19.7. The number of carbonyl (C=O) groups is 3. The Kier molecular flexibility index (Phi) is 8.78. The highest BCUT2D eigenvalue weighted by molar-refractivity contribution is 5.92. The van der Waals surface area contributed by atoms with Crippen LogP contribution >= 0.6 is 0 Å². The van der Waals surface area contributed by atoms with Gasteiger partial charge in [0.05, 0.1) is 6.54 Å². The number of rotatable bonds is 9. The van der Waals surface area contributed by atoms with E-state index in [0.29, 0.717) is 23.8 Å². The minimum Gasteiger partial charge on any atom is -0.348 e. The van der Waals surface area contributed by atoms with E-state index in [1.807, 2.05) is 13.8 Å². The van der Waals surface area contributed by atoms with Crippen LogP contribution in [-0.2, 0) is 14.4 Å². The molecule has 26 heavy (non-hydrogen) atoms. The van der Waals surface area contributed by atoms with Crippen molar-refractivity contribution in [3.63, 3.8) is 0 Å². The van der Waals surface area contributed by atoms with Crippen LogP contribution in [0.1, 0.15) is 34.6 Å². The van der Waals surface area contributed by atoms with E-state index in [2.05, 4.69) is 29.8 Å². The number of quaternary nitrogens is 1. The van der Waals surface area contributed by atoms with Gasteiger partial charge in [-0.2, -0.15) is 0 Å². The van der Waals surface area contributed by atoms with Crippen molar-refractivity contribution in [1.82, 2.24) is 5.32 Å². The van der Waals surface area contributed by atoms with Gasteiger partial charge in [0.15, 0.2) is 13.1 Å². The van der Waals surface area contributed by atoms with Gasteiger partial charge in [-0.3, -0.25) is 14.4 Å². The van der Waals surface area contributed by atoms with Gasteiger partial charge in [-0.15, -0.1) is 0 Å². The summed E-state index contributed by atoms with van der Waals surface area (Å²) in [6, 6.07) is 7.01. The highest BCUT2D eigenvalue weighted by Crippen LogP contribution is 2.13. The van der Waals surface area contributed by atoms with Crippen LogP contribution < -0.4 is 20.9 Å². The van der Waals surface area contributed by atoms with E-state index < -0.39 is 0 Å². The number of anilines is 2. The second kappa shape index (κ2) is 10.6. The van der Waals surface area contributed by atoms with Crippen molar-refractivity contribution < 1.29 is 19.3 Å². The lowest BCUT2D eigenvalue weighted by molar-refractivity contribution is -0.881. The van der Waals surface area contributed by atoms with Crippen LogP contribution in [-0.4, -0.2) is 43.4 Å². The summed E-state index contributed by atoms with van der Waals surface area (Å²) in [6.45, 7) is 10.6. The summed E-state index contributed by atoms with van der Waals surface area (Å²) < 4.78 is 0.